The van der Waals surface area contributed by atoms with Crippen LogP contribution in [0.1, 0.15) is 6.42 Å². The quantitative estimate of drug-likeness (QED) is 0.688. The molecule has 0 radical (unpaired) electrons. The van der Waals surface area contributed by atoms with Crippen LogP contribution < -0.4 is 5.32 Å². The number of benzene rings is 1. The summed E-state index contributed by atoms with van der Waals surface area (Å²) in [6.45, 7) is 0. The highest BCUT2D eigenvalue weighted by molar-refractivity contribution is 9.09. The lowest BCUT2D eigenvalue weighted by molar-refractivity contribution is -0.115. The molecule has 8 heteroatoms. The Morgan fingerprint density at radius 3 is 2.78 bits per heavy atom. The number of anilines is 1. The number of fused-ring (bicyclic) bond motifs is 1. The highest BCUT2D eigenvalue weighted by Crippen LogP contribution is 2.30. The van der Waals surface area contributed by atoms with Crippen LogP contribution in [0.25, 0.3) is 10.2 Å². The summed E-state index contributed by atoms with van der Waals surface area (Å²) in [5, 5.41) is 3.01. The van der Waals surface area contributed by atoms with Gasteiger partial charge in [0.05, 0.1) is 4.70 Å². The van der Waals surface area contributed by atoms with Gasteiger partial charge in [0.2, 0.25) is 5.91 Å². The Morgan fingerprint density at radius 1 is 1.39 bits per heavy atom. The first-order chi connectivity index (χ1) is 8.52. The number of nitrogens with one attached hydrogen (secondary N) is 1. The van der Waals surface area contributed by atoms with Gasteiger partial charge in [0.15, 0.2) is 22.6 Å². The van der Waals surface area contributed by atoms with E-state index in [1.54, 1.807) is 0 Å². The maximum Gasteiger partial charge on any atom is 0.226 e. The highest BCUT2D eigenvalue weighted by atomic mass is 79.9. The van der Waals surface area contributed by atoms with Crippen LogP contribution >= 0.6 is 27.3 Å². The lowest BCUT2D eigenvalue weighted by Gasteiger charge is -1.97. The van der Waals surface area contributed by atoms with E-state index in [1.807, 2.05) is 0 Å². The van der Waals surface area contributed by atoms with Crippen LogP contribution in [0.3, 0.4) is 0 Å². The summed E-state index contributed by atoms with van der Waals surface area (Å²) >= 11 is 3.98. The zero-order valence-corrected chi connectivity index (χ0v) is 11.2. The molecule has 96 valence electrons. The summed E-state index contributed by atoms with van der Waals surface area (Å²) in [6, 6.07) is 0.853. The van der Waals surface area contributed by atoms with Gasteiger partial charge < -0.3 is 5.32 Å². The standard InChI is InChI=1S/C10H6BrF3N2OS/c11-2-1-6(17)15-10-16-9-5(18-10)3-4(12)7(13)8(9)14/h3H,1-2H2,(H,15,16,17). The molecule has 0 unspecified atom stereocenters. The van der Waals surface area contributed by atoms with Gasteiger partial charge in [0.25, 0.3) is 0 Å². The number of thiazole rings is 1. The third kappa shape index (κ3) is 2.49. The smallest absolute Gasteiger partial charge is 0.226 e. The van der Waals surface area contributed by atoms with Crippen LogP contribution in [-0.4, -0.2) is 16.2 Å². The zero-order chi connectivity index (χ0) is 13.3. The maximum atomic E-state index is 13.4. The van der Waals surface area contributed by atoms with Gasteiger partial charge in [-0.3, -0.25) is 4.79 Å². The molecule has 18 heavy (non-hydrogen) atoms. The van der Waals surface area contributed by atoms with E-state index in [9.17, 15) is 18.0 Å². The van der Waals surface area contributed by atoms with Crippen molar-refractivity contribution in [2.75, 3.05) is 10.6 Å². The van der Waals surface area contributed by atoms with Crippen molar-refractivity contribution < 1.29 is 18.0 Å². The highest BCUT2D eigenvalue weighted by Gasteiger charge is 2.18. The lowest BCUT2D eigenvalue weighted by Crippen LogP contribution is -2.11. The van der Waals surface area contributed by atoms with E-state index in [2.05, 4.69) is 26.2 Å². The van der Waals surface area contributed by atoms with E-state index in [0.717, 1.165) is 17.4 Å². The van der Waals surface area contributed by atoms with Crippen molar-refractivity contribution in [2.45, 2.75) is 6.42 Å². The summed E-state index contributed by atoms with van der Waals surface area (Å²) in [4.78, 5) is 15.0. The summed E-state index contributed by atoms with van der Waals surface area (Å²) in [7, 11) is 0. The molecule has 0 saturated carbocycles. The Hall–Kier alpha value is -1.15. The van der Waals surface area contributed by atoms with Crippen molar-refractivity contribution in [3.63, 3.8) is 0 Å². The predicted molar refractivity (Wildman–Crippen MR) is 66.5 cm³/mol. The fraction of sp³-hybridized carbons (Fsp3) is 0.200. The molecule has 3 nitrogen and oxygen atoms in total. The Morgan fingerprint density at radius 2 is 2.11 bits per heavy atom. The third-order valence-electron chi connectivity index (χ3n) is 2.09. The second kappa shape index (κ2) is 5.23. The number of hydrogen-bond acceptors (Lipinski definition) is 3. The minimum atomic E-state index is -1.56. The van der Waals surface area contributed by atoms with Crippen LogP contribution in [-0.2, 0) is 4.79 Å². The third-order valence-corrected chi connectivity index (χ3v) is 3.40. The average Bonchev–Trinajstić information content (AvgIpc) is 2.69. The van der Waals surface area contributed by atoms with E-state index in [-0.39, 0.29) is 27.7 Å². The molecular formula is C10H6BrF3N2OS. The van der Waals surface area contributed by atoms with Gasteiger partial charge in [-0.2, -0.15) is 0 Å². The summed E-state index contributed by atoms with van der Waals surface area (Å²) in [5.74, 6) is -4.50. The van der Waals surface area contributed by atoms with E-state index >= 15 is 0 Å². The van der Waals surface area contributed by atoms with Gasteiger partial charge in [0.1, 0.15) is 5.52 Å². The molecule has 1 aromatic carbocycles. The Labute approximate surface area is 112 Å². The SMILES string of the molecule is O=C(CCBr)Nc1nc2c(F)c(F)c(F)cc2s1. The van der Waals surface area contributed by atoms with E-state index in [1.165, 1.54) is 0 Å². The maximum absolute atomic E-state index is 13.4. The first kappa shape index (κ1) is 13.3. The largest absolute Gasteiger partial charge is 0.302 e. The predicted octanol–water partition coefficient (Wildman–Crippen LogP) is 3.44. The molecular weight excluding hydrogens is 333 g/mol. The van der Waals surface area contributed by atoms with Gasteiger partial charge in [-0.05, 0) is 6.07 Å². The molecule has 1 aromatic heterocycles. The number of halogens is 4. The van der Waals surface area contributed by atoms with Gasteiger partial charge in [-0.25, -0.2) is 18.2 Å². The minimum Gasteiger partial charge on any atom is -0.302 e. The van der Waals surface area contributed by atoms with Crippen LogP contribution in [0, 0.1) is 17.5 Å². The molecule has 0 aliphatic rings. The number of hydrogen-bond donors (Lipinski definition) is 1. The van der Waals surface area contributed by atoms with Crippen LogP contribution in [0.2, 0.25) is 0 Å². The molecule has 0 bridgehead atoms. The fourth-order valence-corrected chi connectivity index (χ4v) is 2.56. The molecule has 0 aliphatic carbocycles. The monoisotopic (exact) mass is 338 g/mol. The van der Waals surface area contributed by atoms with Crippen molar-refractivity contribution in [1.29, 1.82) is 0 Å². The second-order valence-corrected chi connectivity index (χ2v) is 5.16. The topological polar surface area (TPSA) is 42.0 Å². The van der Waals surface area contributed by atoms with E-state index in [4.69, 9.17) is 0 Å². The van der Waals surface area contributed by atoms with Crippen LogP contribution in [0.5, 0.6) is 0 Å². The molecule has 1 N–H and O–H groups in total. The van der Waals surface area contributed by atoms with Crippen LogP contribution in [0.4, 0.5) is 18.3 Å². The van der Waals surface area contributed by atoms with E-state index in [0.29, 0.717) is 5.33 Å². The summed E-state index contributed by atoms with van der Waals surface area (Å²) < 4.78 is 39.5. The molecule has 2 rings (SSSR count). The molecule has 1 heterocycles. The number of aromatic nitrogens is 1. The summed E-state index contributed by atoms with van der Waals surface area (Å²) in [5.41, 5.74) is -0.284. The second-order valence-electron chi connectivity index (χ2n) is 3.34. The van der Waals surface area contributed by atoms with E-state index < -0.39 is 17.5 Å². The van der Waals surface area contributed by atoms with Crippen molar-refractivity contribution in [3.8, 4) is 0 Å². The molecule has 1 amide bonds. The van der Waals surface area contributed by atoms with Crippen molar-refractivity contribution >= 4 is 48.5 Å². The van der Waals surface area contributed by atoms with Crippen molar-refractivity contribution in [3.05, 3.63) is 23.5 Å². The molecule has 0 saturated heterocycles. The number of nitrogens with zero attached hydrogens (tertiary/aromatic N) is 1. The Balaban J connectivity index is 2.39. The number of carbonyl (C=O) groups excluding carboxylic acids is 1. The van der Waals surface area contributed by atoms with Gasteiger partial charge in [0, 0.05) is 11.8 Å². The normalized spacial score (nSPS) is 10.9. The zero-order valence-electron chi connectivity index (χ0n) is 8.77. The first-order valence-electron chi connectivity index (χ1n) is 4.82. The lowest BCUT2D eigenvalue weighted by atomic mass is 10.3. The van der Waals surface area contributed by atoms with Crippen molar-refractivity contribution in [2.24, 2.45) is 0 Å². The fourth-order valence-electron chi connectivity index (χ4n) is 1.30. The number of carbonyl (C=O) groups is 1. The van der Waals surface area contributed by atoms with Gasteiger partial charge >= 0.3 is 0 Å². The molecule has 0 fully saturated rings. The number of rotatable bonds is 3. The minimum absolute atomic E-state index is 0.111. The summed E-state index contributed by atoms with van der Waals surface area (Å²) in [6.07, 6.45) is 0.223. The molecule has 2 aromatic rings. The van der Waals surface area contributed by atoms with Crippen LogP contribution in [0.15, 0.2) is 6.07 Å². The first-order valence-corrected chi connectivity index (χ1v) is 6.76. The average molecular weight is 339 g/mol. The Kier molecular flexibility index (Phi) is 3.86. The van der Waals surface area contributed by atoms with Crippen molar-refractivity contribution in [1.82, 2.24) is 4.98 Å². The number of alkyl halides is 1. The number of amides is 1. The molecule has 0 atom stereocenters. The van der Waals surface area contributed by atoms with Gasteiger partial charge in [-0.1, -0.05) is 27.3 Å². The molecule has 0 spiro atoms. The van der Waals surface area contributed by atoms with Gasteiger partial charge in [-0.15, -0.1) is 0 Å². The Bertz CT molecular complexity index is 617. The molecule has 0 aliphatic heterocycles.